The zero-order valence-electron chi connectivity index (χ0n) is 28.6. The van der Waals surface area contributed by atoms with Crippen LogP contribution >= 0.6 is 0 Å². The van der Waals surface area contributed by atoms with Crippen LogP contribution in [-0.2, 0) is 26.3 Å². The van der Waals surface area contributed by atoms with Crippen LogP contribution in [0.15, 0.2) is 55.1 Å². The average Bonchev–Trinajstić information content (AvgIpc) is 3.76. The number of carbonyl (C=O) groups is 1. The van der Waals surface area contributed by atoms with Gasteiger partial charge in [-0.25, -0.2) is 14.2 Å². The van der Waals surface area contributed by atoms with E-state index in [1.54, 1.807) is 35.0 Å². The number of likely N-dealkylation sites (N-methyl/N-ethyl adjacent to an activating group) is 1. The number of pyridine rings is 2. The number of amides is 2. The second-order valence-electron chi connectivity index (χ2n) is 13.1. The van der Waals surface area contributed by atoms with Crippen molar-refractivity contribution >= 4 is 22.8 Å². The van der Waals surface area contributed by atoms with Gasteiger partial charge in [0.2, 0.25) is 0 Å². The van der Waals surface area contributed by atoms with E-state index in [-0.39, 0.29) is 41.8 Å². The average molecular weight is 706 g/mol. The summed E-state index contributed by atoms with van der Waals surface area (Å²) >= 11 is 0. The molecular weight excluding hydrogens is 666 g/mol. The van der Waals surface area contributed by atoms with Crippen LogP contribution in [0.25, 0.3) is 22.3 Å². The minimum Gasteiger partial charge on any atom is -0.452 e. The number of aryl methyl sites for hydroxylation is 1. The fourth-order valence-electron chi connectivity index (χ4n) is 6.88. The number of hydrogen-bond donors (Lipinski definition) is 2. The normalized spacial score (nSPS) is 17.2. The number of nitrogens with zero attached hydrogens (tertiary/aromatic N) is 7. The highest BCUT2D eigenvalue weighted by molar-refractivity contribution is 5.90. The van der Waals surface area contributed by atoms with Crippen LogP contribution in [0.5, 0.6) is 11.5 Å². The Morgan fingerprint density at radius 3 is 2.53 bits per heavy atom. The molecule has 2 aliphatic rings. The standard InChI is InChI=1S/C36H39F4N9O2/c1-4-22-20-49(35(50)44-26-7-6-23(29(13-26)36(38,39)40)19-48-10-8-47(5-2)9-11-48)21-24-12-27(16-41-32(22)24)51-33-28-14-31(25-15-43-46(3)18-25)45-34(28)42-17-30(33)37/h6-7,12-18,22H,4-5,8-11,19-21H2,1-3H3,(H,42,45)(H,44,50)/t22-/m1/s1. The Morgan fingerprint density at radius 1 is 1.04 bits per heavy atom. The minimum atomic E-state index is -4.58. The van der Waals surface area contributed by atoms with E-state index in [2.05, 4.69) is 37.2 Å². The maximum absolute atomic E-state index is 15.1. The number of piperazine rings is 1. The maximum Gasteiger partial charge on any atom is 0.416 e. The van der Waals surface area contributed by atoms with E-state index in [1.807, 2.05) is 18.0 Å². The molecule has 2 amide bonds. The number of benzene rings is 1. The zero-order chi connectivity index (χ0) is 35.9. The summed E-state index contributed by atoms with van der Waals surface area (Å²) < 4.78 is 65.6. The molecular formula is C36H39F4N9O2. The second-order valence-corrected chi connectivity index (χ2v) is 13.1. The van der Waals surface area contributed by atoms with Gasteiger partial charge in [0.25, 0.3) is 0 Å². The van der Waals surface area contributed by atoms with Gasteiger partial charge in [-0.05, 0) is 48.4 Å². The van der Waals surface area contributed by atoms with Gasteiger partial charge in [0.15, 0.2) is 11.6 Å². The van der Waals surface area contributed by atoms with E-state index < -0.39 is 23.6 Å². The lowest BCUT2D eigenvalue weighted by molar-refractivity contribution is -0.138. The highest BCUT2D eigenvalue weighted by Gasteiger charge is 2.35. The van der Waals surface area contributed by atoms with Crippen LogP contribution in [0.4, 0.5) is 28.0 Å². The predicted molar refractivity (Wildman–Crippen MR) is 184 cm³/mol. The van der Waals surface area contributed by atoms with Gasteiger partial charge in [-0.2, -0.15) is 18.3 Å². The van der Waals surface area contributed by atoms with E-state index >= 15 is 4.39 Å². The summed E-state index contributed by atoms with van der Waals surface area (Å²) in [6.45, 7) is 8.65. The number of fused-ring (bicyclic) bond motifs is 2. The largest absolute Gasteiger partial charge is 0.452 e. The summed E-state index contributed by atoms with van der Waals surface area (Å²) in [4.78, 5) is 31.4. The van der Waals surface area contributed by atoms with Crippen molar-refractivity contribution in [2.24, 2.45) is 7.05 Å². The molecule has 1 saturated heterocycles. The lowest BCUT2D eigenvalue weighted by Gasteiger charge is -2.34. The van der Waals surface area contributed by atoms with Gasteiger partial charge >= 0.3 is 12.2 Å². The van der Waals surface area contributed by atoms with Crippen LogP contribution in [0.1, 0.15) is 48.6 Å². The van der Waals surface area contributed by atoms with E-state index in [0.717, 1.165) is 43.2 Å². The quantitative estimate of drug-likeness (QED) is 0.168. The lowest BCUT2D eigenvalue weighted by Crippen LogP contribution is -2.45. The Kier molecular flexibility index (Phi) is 9.42. The van der Waals surface area contributed by atoms with Crippen molar-refractivity contribution in [3.63, 3.8) is 0 Å². The number of aromatic amines is 1. The SMILES string of the molecule is CC[C@@H]1CN(C(=O)Nc2ccc(CN3CCN(CC)CC3)c(C(F)(F)F)c2)Cc2cc(Oc3c(F)cnc4[nH]c(-c5cnn(C)c5)cc34)cnc21. The highest BCUT2D eigenvalue weighted by atomic mass is 19.4. The predicted octanol–water partition coefficient (Wildman–Crippen LogP) is 6.99. The number of aromatic nitrogens is 5. The van der Waals surface area contributed by atoms with E-state index in [1.165, 1.54) is 18.3 Å². The third kappa shape index (κ3) is 7.26. The number of nitrogens with one attached hydrogen (secondary N) is 2. The van der Waals surface area contributed by atoms with Gasteiger partial charge in [-0.15, -0.1) is 0 Å². The monoisotopic (exact) mass is 705 g/mol. The van der Waals surface area contributed by atoms with Gasteiger partial charge in [0.1, 0.15) is 11.4 Å². The molecule has 0 saturated carbocycles. The Morgan fingerprint density at radius 2 is 1.82 bits per heavy atom. The first-order chi connectivity index (χ1) is 24.5. The van der Waals surface area contributed by atoms with E-state index in [0.29, 0.717) is 48.3 Å². The molecule has 1 aromatic carbocycles. The minimum absolute atomic E-state index is 0.0299. The second kappa shape index (κ2) is 13.9. The molecule has 1 atom stereocenters. The van der Waals surface area contributed by atoms with Crippen LogP contribution in [0.3, 0.4) is 0 Å². The Hall–Kier alpha value is -5.02. The van der Waals surface area contributed by atoms with E-state index in [4.69, 9.17) is 4.74 Å². The Balaban J connectivity index is 1.09. The number of halogens is 4. The number of carbonyl (C=O) groups excluding carboxylic acids is 1. The summed E-state index contributed by atoms with van der Waals surface area (Å²) in [5.74, 6) is -0.542. The van der Waals surface area contributed by atoms with E-state index in [9.17, 15) is 18.0 Å². The molecule has 268 valence electrons. The number of ether oxygens (including phenoxy) is 1. The van der Waals surface area contributed by atoms with Crippen molar-refractivity contribution in [1.82, 2.24) is 39.4 Å². The molecule has 0 aliphatic carbocycles. The van der Waals surface area contributed by atoms with Crippen molar-refractivity contribution in [3.05, 3.63) is 83.3 Å². The first kappa shape index (κ1) is 34.4. The lowest BCUT2D eigenvalue weighted by atomic mass is 9.92. The molecule has 0 bridgehead atoms. The van der Waals surface area contributed by atoms with Gasteiger partial charge in [0.05, 0.1) is 40.9 Å². The van der Waals surface area contributed by atoms with Gasteiger partial charge in [-0.3, -0.25) is 14.6 Å². The number of H-pyrrole nitrogens is 1. The molecule has 1 fully saturated rings. The zero-order valence-corrected chi connectivity index (χ0v) is 28.6. The molecule has 7 rings (SSSR count). The molecule has 0 radical (unpaired) electrons. The topological polar surface area (TPSA) is 107 Å². The Labute approximate surface area is 292 Å². The summed E-state index contributed by atoms with van der Waals surface area (Å²) in [6, 6.07) is 6.94. The molecule has 6 heterocycles. The molecule has 51 heavy (non-hydrogen) atoms. The van der Waals surface area contributed by atoms with Crippen LogP contribution in [-0.4, -0.2) is 84.7 Å². The van der Waals surface area contributed by atoms with Crippen LogP contribution in [0.2, 0.25) is 0 Å². The third-order valence-corrected chi connectivity index (χ3v) is 9.72. The van der Waals surface area contributed by atoms with Gasteiger partial charge in [0, 0.05) is 76.2 Å². The van der Waals surface area contributed by atoms with Gasteiger partial charge < -0.3 is 24.8 Å². The summed E-state index contributed by atoms with van der Waals surface area (Å²) in [5.41, 5.74) is 2.90. The van der Waals surface area contributed by atoms with Crippen molar-refractivity contribution in [2.45, 2.75) is 45.5 Å². The Bertz CT molecular complexity index is 2050. The van der Waals surface area contributed by atoms with Gasteiger partial charge in [-0.1, -0.05) is 19.9 Å². The molecule has 0 unspecified atom stereocenters. The number of hydrogen-bond acceptors (Lipinski definition) is 7. The molecule has 11 nitrogen and oxygen atoms in total. The molecule has 2 N–H and O–H groups in total. The number of rotatable bonds is 8. The number of anilines is 1. The summed E-state index contributed by atoms with van der Waals surface area (Å²) in [5, 5.41) is 7.31. The summed E-state index contributed by atoms with van der Waals surface area (Å²) in [7, 11) is 1.80. The fraction of sp³-hybridized carbons (Fsp3) is 0.389. The summed E-state index contributed by atoms with van der Waals surface area (Å²) in [6.07, 6.45) is 2.20. The molecule has 5 aromatic rings. The number of alkyl halides is 3. The molecule has 2 aliphatic heterocycles. The third-order valence-electron chi connectivity index (χ3n) is 9.72. The van der Waals surface area contributed by atoms with Crippen LogP contribution < -0.4 is 10.1 Å². The van der Waals surface area contributed by atoms with Crippen LogP contribution in [0, 0.1) is 5.82 Å². The van der Waals surface area contributed by atoms with Crippen molar-refractivity contribution in [3.8, 4) is 22.8 Å². The molecule has 0 spiro atoms. The first-order valence-corrected chi connectivity index (χ1v) is 17.0. The maximum atomic E-state index is 15.1. The van der Waals surface area contributed by atoms with Crippen molar-refractivity contribution in [2.75, 3.05) is 44.6 Å². The fourth-order valence-corrected chi connectivity index (χ4v) is 6.88. The first-order valence-electron chi connectivity index (χ1n) is 17.0. The smallest absolute Gasteiger partial charge is 0.416 e. The van der Waals surface area contributed by atoms with Crippen molar-refractivity contribution < 1.29 is 27.1 Å². The molecule has 15 heteroatoms. The molecule has 4 aromatic heterocycles. The van der Waals surface area contributed by atoms with Crippen molar-refractivity contribution in [1.29, 1.82) is 0 Å². The highest BCUT2D eigenvalue weighted by Crippen LogP contribution is 2.38. The number of urea groups is 1.